The van der Waals surface area contributed by atoms with E-state index in [4.69, 9.17) is 17.0 Å². The number of benzene rings is 1. The minimum absolute atomic E-state index is 0.515. The minimum atomic E-state index is 0.515. The molecule has 2 atom stereocenters. The van der Waals surface area contributed by atoms with Crippen molar-refractivity contribution in [3.63, 3.8) is 0 Å². The summed E-state index contributed by atoms with van der Waals surface area (Å²) in [5, 5.41) is 7.41. The Morgan fingerprint density at radius 1 is 1.29 bits per heavy atom. The Bertz CT molecular complexity index is 506. The number of nitrogens with zero attached hydrogens (tertiary/aromatic N) is 1. The van der Waals surface area contributed by atoms with Crippen LogP contribution in [0.5, 0.6) is 5.75 Å². The van der Waals surface area contributed by atoms with Crippen LogP contribution in [0, 0.1) is 0 Å². The zero-order valence-corrected chi connectivity index (χ0v) is 16.0. The first-order chi connectivity index (χ1) is 11.6. The van der Waals surface area contributed by atoms with E-state index >= 15 is 0 Å². The predicted octanol–water partition coefficient (Wildman–Crippen LogP) is 2.96. The van der Waals surface area contributed by atoms with Crippen LogP contribution in [0.3, 0.4) is 0 Å². The molecule has 0 amide bonds. The lowest BCUT2D eigenvalue weighted by molar-refractivity contribution is 0.116. The van der Waals surface area contributed by atoms with Crippen molar-refractivity contribution in [2.75, 3.05) is 26.7 Å². The van der Waals surface area contributed by atoms with Crippen molar-refractivity contribution in [2.45, 2.75) is 51.6 Å². The standard InChI is InChI=1S/C19H31N3OS/c1-15-6-4-5-13-22(15)16(2)14-21-19(24)20-12-11-17-7-9-18(23-3)10-8-17/h7-10,15-16H,4-6,11-14H2,1-3H3,(H2,20,21,24)/t15-,16+/m0/s1. The molecule has 2 rings (SSSR count). The molecular formula is C19H31N3OS. The normalized spacial score (nSPS) is 19.5. The van der Waals surface area contributed by atoms with E-state index in [9.17, 15) is 0 Å². The first-order valence-electron chi connectivity index (χ1n) is 9.00. The first-order valence-corrected chi connectivity index (χ1v) is 9.41. The monoisotopic (exact) mass is 349 g/mol. The van der Waals surface area contributed by atoms with Crippen molar-refractivity contribution < 1.29 is 4.74 Å². The summed E-state index contributed by atoms with van der Waals surface area (Å²) in [6, 6.07) is 9.38. The summed E-state index contributed by atoms with van der Waals surface area (Å²) in [7, 11) is 1.69. The van der Waals surface area contributed by atoms with Gasteiger partial charge in [0, 0.05) is 25.2 Å². The molecule has 0 unspecified atom stereocenters. The van der Waals surface area contributed by atoms with Crippen LogP contribution in [0.1, 0.15) is 38.7 Å². The Labute approximate surface area is 152 Å². The lowest BCUT2D eigenvalue weighted by atomic mass is 10.0. The summed E-state index contributed by atoms with van der Waals surface area (Å²) in [5.41, 5.74) is 1.28. The molecular weight excluding hydrogens is 318 g/mol. The third kappa shape index (κ3) is 5.95. The van der Waals surface area contributed by atoms with Gasteiger partial charge in [0.2, 0.25) is 0 Å². The molecule has 0 bridgehead atoms. The van der Waals surface area contributed by atoms with Gasteiger partial charge < -0.3 is 15.4 Å². The maximum Gasteiger partial charge on any atom is 0.166 e. The van der Waals surface area contributed by atoms with Crippen LogP contribution >= 0.6 is 12.2 Å². The van der Waals surface area contributed by atoms with Crippen LogP contribution in [-0.4, -0.2) is 48.8 Å². The number of hydrogen-bond donors (Lipinski definition) is 2. The molecule has 1 fully saturated rings. The minimum Gasteiger partial charge on any atom is -0.497 e. The van der Waals surface area contributed by atoms with E-state index in [2.05, 4.69) is 41.5 Å². The van der Waals surface area contributed by atoms with Crippen LogP contribution < -0.4 is 15.4 Å². The zero-order valence-electron chi connectivity index (χ0n) is 15.2. The van der Waals surface area contributed by atoms with Gasteiger partial charge in [0.15, 0.2) is 5.11 Å². The highest BCUT2D eigenvalue weighted by atomic mass is 32.1. The van der Waals surface area contributed by atoms with Crippen LogP contribution in [0.2, 0.25) is 0 Å². The van der Waals surface area contributed by atoms with Gasteiger partial charge in [0.05, 0.1) is 7.11 Å². The summed E-state index contributed by atoms with van der Waals surface area (Å²) >= 11 is 5.40. The molecule has 4 nitrogen and oxygen atoms in total. The van der Waals surface area contributed by atoms with Crippen molar-refractivity contribution >= 4 is 17.3 Å². The average Bonchev–Trinajstić information content (AvgIpc) is 2.60. The Kier molecular flexibility index (Phi) is 7.79. The summed E-state index contributed by atoms with van der Waals surface area (Å²) < 4.78 is 5.17. The number of thiocarbonyl (C=S) groups is 1. The largest absolute Gasteiger partial charge is 0.497 e. The lowest BCUT2D eigenvalue weighted by Crippen LogP contribution is -2.49. The number of ether oxygens (including phenoxy) is 1. The molecule has 1 aromatic rings. The Balaban J connectivity index is 1.63. The fourth-order valence-electron chi connectivity index (χ4n) is 3.31. The molecule has 0 aliphatic carbocycles. The molecule has 2 N–H and O–H groups in total. The Morgan fingerprint density at radius 3 is 2.71 bits per heavy atom. The fraction of sp³-hybridized carbons (Fsp3) is 0.632. The van der Waals surface area contributed by atoms with E-state index < -0.39 is 0 Å². The summed E-state index contributed by atoms with van der Waals surface area (Å²) in [6.07, 6.45) is 4.95. The van der Waals surface area contributed by atoms with E-state index in [0.717, 1.165) is 30.4 Å². The first kappa shape index (κ1) is 19.0. The van der Waals surface area contributed by atoms with Gasteiger partial charge in [0.25, 0.3) is 0 Å². The summed E-state index contributed by atoms with van der Waals surface area (Å²) in [4.78, 5) is 2.59. The van der Waals surface area contributed by atoms with Gasteiger partial charge >= 0.3 is 0 Å². The Hall–Kier alpha value is -1.33. The van der Waals surface area contributed by atoms with Gasteiger partial charge in [-0.2, -0.15) is 0 Å². The second kappa shape index (κ2) is 9.84. The lowest BCUT2D eigenvalue weighted by Gasteiger charge is -2.38. The van der Waals surface area contributed by atoms with Crippen LogP contribution in [0.25, 0.3) is 0 Å². The topological polar surface area (TPSA) is 36.5 Å². The average molecular weight is 350 g/mol. The molecule has 0 aromatic heterocycles. The number of methoxy groups -OCH3 is 1. The van der Waals surface area contributed by atoms with Crippen molar-refractivity contribution in [1.29, 1.82) is 0 Å². The van der Waals surface area contributed by atoms with Crippen molar-refractivity contribution in [2.24, 2.45) is 0 Å². The summed E-state index contributed by atoms with van der Waals surface area (Å²) in [5.74, 6) is 0.893. The van der Waals surface area contributed by atoms with E-state index in [1.807, 2.05) is 12.1 Å². The second-order valence-electron chi connectivity index (χ2n) is 6.67. The SMILES string of the molecule is COc1ccc(CCNC(=S)NC[C@@H](C)N2CCCC[C@@H]2C)cc1. The van der Waals surface area contributed by atoms with Crippen LogP contribution in [0.15, 0.2) is 24.3 Å². The van der Waals surface area contributed by atoms with Gasteiger partial charge in [-0.1, -0.05) is 18.6 Å². The highest BCUT2D eigenvalue weighted by Crippen LogP contribution is 2.18. The van der Waals surface area contributed by atoms with Crippen LogP contribution in [0.4, 0.5) is 0 Å². The number of piperidine rings is 1. The zero-order chi connectivity index (χ0) is 17.4. The number of rotatable bonds is 7. The van der Waals surface area contributed by atoms with Gasteiger partial charge in [-0.05, 0) is 69.6 Å². The molecule has 1 aliphatic rings. The maximum absolute atomic E-state index is 5.40. The highest BCUT2D eigenvalue weighted by molar-refractivity contribution is 7.80. The van der Waals surface area contributed by atoms with Gasteiger partial charge in [-0.15, -0.1) is 0 Å². The third-order valence-electron chi connectivity index (χ3n) is 4.84. The molecule has 5 heteroatoms. The predicted molar refractivity (Wildman–Crippen MR) is 105 cm³/mol. The van der Waals surface area contributed by atoms with Crippen molar-refractivity contribution in [3.05, 3.63) is 29.8 Å². The molecule has 1 heterocycles. The van der Waals surface area contributed by atoms with E-state index in [1.165, 1.54) is 31.4 Å². The third-order valence-corrected chi connectivity index (χ3v) is 5.13. The number of likely N-dealkylation sites (tertiary alicyclic amines) is 1. The highest BCUT2D eigenvalue weighted by Gasteiger charge is 2.22. The summed E-state index contributed by atoms with van der Waals surface area (Å²) in [6.45, 7) is 7.57. The number of hydrogen-bond acceptors (Lipinski definition) is 3. The quantitative estimate of drug-likeness (QED) is 0.740. The smallest absolute Gasteiger partial charge is 0.166 e. The Morgan fingerprint density at radius 2 is 2.04 bits per heavy atom. The van der Waals surface area contributed by atoms with E-state index in [0.29, 0.717) is 12.1 Å². The molecule has 1 saturated heterocycles. The maximum atomic E-state index is 5.40. The van der Waals surface area contributed by atoms with Crippen molar-refractivity contribution in [3.8, 4) is 5.75 Å². The van der Waals surface area contributed by atoms with Gasteiger partial charge in [-0.3, -0.25) is 4.90 Å². The number of nitrogens with one attached hydrogen (secondary N) is 2. The molecule has 134 valence electrons. The molecule has 1 aliphatic heterocycles. The second-order valence-corrected chi connectivity index (χ2v) is 7.07. The van der Waals surface area contributed by atoms with E-state index in [1.54, 1.807) is 7.11 Å². The molecule has 0 radical (unpaired) electrons. The molecule has 24 heavy (non-hydrogen) atoms. The van der Waals surface area contributed by atoms with E-state index in [-0.39, 0.29) is 0 Å². The van der Waals surface area contributed by atoms with Crippen molar-refractivity contribution in [1.82, 2.24) is 15.5 Å². The van der Waals surface area contributed by atoms with Gasteiger partial charge in [0.1, 0.15) is 5.75 Å². The molecule has 1 aromatic carbocycles. The molecule has 0 saturated carbocycles. The fourth-order valence-corrected chi connectivity index (χ4v) is 3.49. The molecule has 0 spiro atoms. The van der Waals surface area contributed by atoms with Gasteiger partial charge in [-0.25, -0.2) is 0 Å². The van der Waals surface area contributed by atoms with Crippen LogP contribution in [-0.2, 0) is 6.42 Å².